The molecule has 1 fully saturated rings. The summed E-state index contributed by atoms with van der Waals surface area (Å²) in [5.74, 6) is 0.393. The molecule has 4 rings (SSSR count). The number of aliphatic hydroxyl groups excluding tert-OH is 1. The Hall–Kier alpha value is -3.95. The van der Waals surface area contributed by atoms with Crippen LogP contribution >= 0.6 is 29.3 Å². The van der Waals surface area contributed by atoms with Crippen LogP contribution in [0.5, 0.6) is 5.75 Å². The van der Waals surface area contributed by atoms with Crippen LogP contribution in [0.15, 0.2) is 119 Å². The smallest absolute Gasteiger partial charge is 0.413 e. The number of benzene rings is 2. The van der Waals surface area contributed by atoms with Crippen LogP contribution in [-0.2, 0) is 18.6 Å². The number of nitrogens with zero attached hydrogens (tertiary/aromatic N) is 1. The van der Waals surface area contributed by atoms with Gasteiger partial charge in [0.25, 0.3) is 5.56 Å². The van der Waals surface area contributed by atoms with Crippen molar-refractivity contribution < 1.29 is 32.6 Å². The van der Waals surface area contributed by atoms with E-state index in [1.807, 2.05) is 35.3 Å². The first kappa shape index (κ1) is 47.7. The summed E-state index contributed by atoms with van der Waals surface area (Å²) in [6, 6.07) is 12.8. The molecule has 0 radical (unpaired) electrons. The molecule has 1 amide bonds. The third kappa shape index (κ3) is 17.7. The standard InChI is InChI=1S/C43H56FN4O8PS2/c1-2-3-4-5-6-7-8-9-10-11-12-13-14-15-16-17-18-26-40(50)45-27-29-58-59-30-28-46-57(53,56-38-25-21-23-34-22-19-20-24-35(34)38)54-33-39-37(49)31-41(55-39)48-32-36(44)42(51)47-43(48)52/h3-4,6-7,9-10,12-13,15-16,19-25,32,37,39,41,49H,2,5,8,11,14,17-18,26-31,33H2,1H3,(H,45,50)(H,46,53)(H,47,51,52)/b4-3-,7-6-,10-9-,13-12-,16-15-/t37-,39+,41?,57?/m0/s1. The van der Waals surface area contributed by atoms with Crippen molar-refractivity contribution in [3.05, 3.63) is 136 Å². The van der Waals surface area contributed by atoms with Crippen molar-refractivity contribution >= 4 is 46.0 Å². The van der Waals surface area contributed by atoms with Crippen LogP contribution in [0.25, 0.3) is 10.8 Å². The highest BCUT2D eigenvalue weighted by Crippen LogP contribution is 2.47. The lowest BCUT2D eigenvalue weighted by Crippen LogP contribution is -2.34. The van der Waals surface area contributed by atoms with Crippen LogP contribution < -0.4 is 26.2 Å². The Morgan fingerprint density at radius 1 is 0.949 bits per heavy atom. The first-order valence-electron chi connectivity index (χ1n) is 20.0. The lowest BCUT2D eigenvalue weighted by Gasteiger charge is -2.23. The van der Waals surface area contributed by atoms with Gasteiger partial charge in [0.05, 0.1) is 18.9 Å². The molecule has 1 aliphatic rings. The first-order valence-corrected chi connectivity index (χ1v) is 24.0. The summed E-state index contributed by atoms with van der Waals surface area (Å²) in [4.78, 5) is 37.9. The first-order chi connectivity index (χ1) is 28.7. The zero-order valence-electron chi connectivity index (χ0n) is 33.4. The molecular formula is C43H56FN4O8PS2. The van der Waals surface area contributed by atoms with Crippen molar-refractivity contribution in [1.82, 2.24) is 20.0 Å². The van der Waals surface area contributed by atoms with E-state index in [1.165, 1.54) is 10.8 Å². The van der Waals surface area contributed by atoms with E-state index in [9.17, 15) is 28.4 Å². The van der Waals surface area contributed by atoms with E-state index >= 15 is 0 Å². The van der Waals surface area contributed by atoms with E-state index < -0.39 is 43.2 Å². The van der Waals surface area contributed by atoms with Gasteiger partial charge in [-0.1, -0.05) is 126 Å². The number of aliphatic hydroxyl groups is 1. The van der Waals surface area contributed by atoms with Crippen LogP contribution in [0.4, 0.5) is 4.39 Å². The van der Waals surface area contributed by atoms with E-state index in [2.05, 4.69) is 78.1 Å². The van der Waals surface area contributed by atoms with Gasteiger partial charge in [0.1, 0.15) is 18.1 Å². The average Bonchev–Trinajstić information content (AvgIpc) is 3.60. The number of carbonyl (C=O) groups excluding carboxylic acids is 1. The molecule has 320 valence electrons. The highest BCUT2D eigenvalue weighted by molar-refractivity contribution is 8.76. The number of aromatic amines is 1. The number of hydrogen-bond donors (Lipinski definition) is 4. The van der Waals surface area contributed by atoms with E-state index in [1.54, 1.807) is 22.9 Å². The van der Waals surface area contributed by atoms with Gasteiger partial charge >= 0.3 is 13.4 Å². The maximum Gasteiger partial charge on any atom is 0.458 e. The number of amides is 1. The Bertz CT molecular complexity index is 2070. The maximum absolute atomic E-state index is 14.1. The van der Waals surface area contributed by atoms with E-state index in [4.69, 9.17) is 13.8 Å². The summed E-state index contributed by atoms with van der Waals surface area (Å²) in [6.07, 6.45) is 26.0. The molecule has 1 aliphatic heterocycles. The summed E-state index contributed by atoms with van der Waals surface area (Å²) < 4.78 is 46.5. The summed E-state index contributed by atoms with van der Waals surface area (Å²) >= 11 is 0. The van der Waals surface area contributed by atoms with Crippen LogP contribution in [0.3, 0.4) is 0 Å². The fraction of sp³-hybridized carbons (Fsp3) is 0.419. The van der Waals surface area contributed by atoms with E-state index in [-0.39, 0.29) is 25.5 Å². The topological polar surface area (TPSA) is 161 Å². The van der Waals surface area contributed by atoms with E-state index in [0.29, 0.717) is 30.2 Å². The second kappa shape index (κ2) is 27.0. The molecule has 1 aromatic heterocycles. The normalized spacial score (nSPS) is 18.3. The minimum absolute atomic E-state index is 0.0221. The van der Waals surface area contributed by atoms with Crippen molar-refractivity contribution in [3.63, 3.8) is 0 Å². The van der Waals surface area contributed by atoms with Crippen molar-refractivity contribution in [1.29, 1.82) is 0 Å². The number of allylic oxidation sites excluding steroid dienone is 10. The second-order valence-electron chi connectivity index (χ2n) is 13.4. The number of unbranched alkanes of at least 4 members (excludes halogenated alkanes) is 1. The van der Waals surface area contributed by atoms with Gasteiger partial charge in [0.2, 0.25) is 11.7 Å². The summed E-state index contributed by atoms with van der Waals surface area (Å²) in [5, 5.41) is 18.1. The van der Waals surface area contributed by atoms with Crippen LogP contribution in [0.2, 0.25) is 0 Å². The van der Waals surface area contributed by atoms with Gasteiger partial charge in [0.15, 0.2) is 0 Å². The number of H-pyrrole nitrogens is 1. The molecule has 16 heteroatoms. The summed E-state index contributed by atoms with van der Waals surface area (Å²) in [6.45, 7) is 2.53. The van der Waals surface area contributed by atoms with Gasteiger partial charge < -0.3 is 19.7 Å². The minimum atomic E-state index is -4.06. The lowest BCUT2D eigenvalue weighted by atomic mass is 10.1. The predicted octanol–water partition coefficient (Wildman–Crippen LogP) is 8.69. The quantitative estimate of drug-likeness (QED) is 0.0251. The number of aromatic nitrogens is 2. The average molecular weight is 871 g/mol. The Morgan fingerprint density at radius 3 is 2.31 bits per heavy atom. The van der Waals surface area contributed by atoms with Crippen LogP contribution in [0, 0.1) is 5.82 Å². The van der Waals surface area contributed by atoms with Gasteiger partial charge in [-0.15, -0.1) is 0 Å². The molecule has 2 aromatic carbocycles. The molecule has 0 aliphatic carbocycles. The molecule has 2 unspecified atom stereocenters. The predicted molar refractivity (Wildman–Crippen MR) is 238 cm³/mol. The molecule has 3 aromatic rings. The Kier molecular flexibility index (Phi) is 21.8. The number of carbonyl (C=O) groups is 1. The molecule has 0 spiro atoms. The Labute approximate surface area is 353 Å². The third-order valence-corrected chi connectivity index (χ3v) is 12.8. The van der Waals surface area contributed by atoms with Crippen LogP contribution in [0.1, 0.15) is 70.9 Å². The van der Waals surface area contributed by atoms with Crippen molar-refractivity contribution in [2.75, 3.05) is 31.2 Å². The second-order valence-corrected chi connectivity index (χ2v) is 17.9. The third-order valence-electron chi connectivity index (χ3n) is 8.83. The molecular weight excluding hydrogens is 815 g/mol. The van der Waals surface area contributed by atoms with Gasteiger partial charge in [-0.3, -0.25) is 23.7 Å². The fourth-order valence-corrected chi connectivity index (χ4v) is 9.12. The number of nitrogens with one attached hydrogen (secondary N) is 3. The number of ether oxygens (including phenoxy) is 1. The molecule has 0 bridgehead atoms. The molecule has 12 nitrogen and oxygen atoms in total. The monoisotopic (exact) mass is 870 g/mol. The number of rotatable bonds is 27. The molecule has 4 N–H and O–H groups in total. The molecule has 0 saturated carbocycles. The maximum atomic E-state index is 14.1. The lowest BCUT2D eigenvalue weighted by molar-refractivity contribution is -0.121. The van der Waals surface area contributed by atoms with Gasteiger partial charge in [-0.05, 0) is 56.4 Å². The highest BCUT2D eigenvalue weighted by Gasteiger charge is 2.38. The highest BCUT2D eigenvalue weighted by atomic mass is 33.1. The number of halogens is 1. The Balaban J connectivity index is 1.12. The Morgan fingerprint density at radius 2 is 1.59 bits per heavy atom. The summed E-state index contributed by atoms with van der Waals surface area (Å²) in [7, 11) is -0.952. The number of hydrogen-bond acceptors (Lipinski definition) is 10. The van der Waals surface area contributed by atoms with Gasteiger partial charge in [-0.2, -0.15) is 4.39 Å². The van der Waals surface area contributed by atoms with Crippen molar-refractivity contribution in [2.45, 2.75) is 83.1 Å². The largest absolute Gasteiger partial charge is 0.458 e. The van der Waals surface area contributed by atoms with Gasteiger partial charge in [0, 0.05) is 42.8 Å². The van der Waals surface area contributed by atoms with Gasteiger partial charge in [-0.25, -0.2) is 14.4 Å². The molecule has 2 heterocycles. The zero-order chi connectivity index (χ0) is 42.1. The SMILES string of the molecule is CC/C=C\C/C=C\C/C=C\C/C=C\C/C=C\CCCC(=O)NCCSSCCNP(=O)(OC[C@H]1OC(n2cc(F)c(=O)[nH]c2=O)C[C@@H]1O)Oc1cccc2ccccc12. The van der Waals surface area contributed by atoms with Crippen molar-refractivity contribution in [2.24, 2.45) is 0 Å². The van der Waals surface area contributed by atoms with E-state index in [0.717, 1.165) is 66.5 Å². The zero-order valence-corrected chi connectivity index (χ0v) is 35.9. The molecule has 59 heavy (non-hydrogen) atoms. The molecule has 1 saturated heterocycles. The van der Waals surface area contributed by atoms with Crippen LogP contribution in [-0.4, -0.2) is 64.0 Å². The number of fused-ring (bicyclic) bond motifs is 1. The van der Waals surface area contributed by atoms with Crippen molar-refractivity contribution in [3.8, 4) is 5.75 Å². The molecule has 4 atom stereocenters. The minimum Gasteiger partial charge on any atom is -0.413 e. The summed E-state index contributed by atoms with van der Waals surface area (Å²) in [5.41, 5.74) is -2.06. The fourth-order valence-electron chi connectivity index (χ4n) is 5.80.